The fraction of sp³-hybridized carbons (Fsp3) is 0.308. The van der Waals surface area contributed by atoms with Gasteiger partial charge >= 0.3 is 0 Å². The third-order valence-corrected chi connectivity index (χ3v) is 5.04. The van der Waals surface area contributed by atoms with E-state index < -0.39 is 10.0 Å². The van der Waals surface area contributed by atoms with Crippen molar-refractivity contribution in [2.24, 2.45) is 0 Å². The molecule has 0 aliphatic rings. The molecule has 0 radical (unpaired) electrons. The van der Waals surface area contributed by atoms with Crippen LogP contribution in [0.25, 0.3) is 10.9 Å². The van der Waals surface area contributed by atoms with Crippen LogP contribution in [-0.2, 0) is 10.0 Å². The van der Waals surface area contributed by atoms with Crippen LogP contribution in [0, 0.1) is 6.92 Å². The Morgan fingerprint density at radius 1 is 1.26 bits per heavy atom. The summed E-state index contributed by atoms with van der Waals surface area (Å²) in [6.45, 7) is 3.20. The number of benzene rings is 1. The normalized spacial score (nSPS) is 12.3. The number of carbonyl (C=O) groups is 1. The number of hydrogen-bond donors (Lipinski definition) is 0. The van der Waals surface area contributed by atoms with E-state index in [0.29, 0.717) is 5.56 Å². The van der Waals surface area contributed by atoms with E-state index in [2.05, 4.69) is 0 Å². The van der Waals surface area contributed by atoms with E-state index in [-0.39, 0.29) is 10.8 Å². The number of carbonyl (C=O) groups excluding carboxylic acids is 1. The zero-order valence-corrected chi connectivity index (χ0v) is 12.2. The lowest BCUT2D eigenvalue weighted by atomic mass is 10.2. The molecule has 102 valence electrons. The topological polar surface area (TPSA) is 59.4 Å². The fourth-order valence-electron chi connectivity index (χ4n) is 2.02. The van der Waals surface area contributed by atoms with Crippen molar-refractivity contribution < 1.29 is 13.2 Å². The van der Waals surface area contributed by atoms with Crippen molar-refractivity contribution in [2.45, 2.75) is 18.7 Å². The zero-order chi connectivity index (χ0) is 14.4. The van der Waals surface area contributed by atoms with Crippen molar-refractivity contribution >= 4 is 26.8 Å². The molecule has 0 N–H and O–H groups in total. The third-order valence-electron chi connectivity index (χ3n) is 3.08. The van der Waals surface area contributed by atoms with Crippen LogP contribution in [0.4, 0.5) is 0 Å². The first-order valence-electron chi connectivity index (χ1n) is 5.80. The van der Waals surface area contributed by atoms with Crippen LogP contribution in [-0.4, -0.2) is 37.3 Å². The zero-order valence-electron chi connectivity index (χ0n) is 11.3. The van der Waals surface area contributed by atoms with E-state index in [0.717, 1.165) is 10.9 Å². The number of fused-ring (bicyclic) bond motifs is 1. The van der Waals surface area contributed by atoms with Crippen molar-refractivity contribution in [3.8, 4) is 0 Å². The molecule has 0 amide bonds. The van der Waals surface area contributed by atoms with Crippen molar-refractivity contribution in [3.05, 3.63) is 30.0 Å². The molecule has 2 rings (SSSR count). The summed E-state index contributed by atoms with van der Waals surface area (Å²) in [5.41, 5.74) is 1.35. The van der Waals surface area contributed by atoms with Crippen molar-refractivity contribution in [1.82, 2.24) is 8.87 Å². The molecular weight excluding hydrogens is 264 g/mol. The summed E-state index contributed by atoms with van der Waals surface area (Å²) in [5, 5.41) is 0.737. The molecule has 0 aliphatic carbocycles. The molecule has 1 aromatic carbocycles. The quantitative estimate of drug-likeness (QED) is 0.843. The second-order valence-electron chi connectivity index (χ2n) is 4.67. The maximum Gasteiger partial charge on any atom is 0.242 e. The molecule has 0 saturated carbocycles. The smallest absolute Gasteiger partial charge is 0.242 e. The van der Waals surface area contributed by atoms with Gasteiger partial charge in [-0.3, -0.25) is 9.36 Å². The largest absolute Gasteiger partial charge is 0.287 e. The number of rotatable bonds is 2. The Kier molecular flexibility index (Phi) is 3.24. The van der Waals surface area contributed by atoms with Gasteiger partial charge in [0.15, 0.2) is 0 Å². The molecule has 0 unspecified atom stereocenters. The second-order valence-corrected chi connectivity index (χ2v) is 6.79. The number of hydrogen-bond acceptors (Lipinski definition) is 3. The highest BCUT2D eigenvalue weighted by Crippen LogP contribution is 2.25. The summed E-state index contributed by atoms with van der Waals surface area (Å²) < 4.78 is 27.1. The summed E-state index contributed by atoms with van der Waals surface area (Å²) >= 11 is 0. The summed E-state index contributed by atoms with van der Waals surface area (Å²) in [4.78, 5) is 11.7. The highest BCUT2D eigenvalue weighted by atomic mass is 32.2. The first-order valence-corrected chi connectivity index (χ1v) is 7.24. The molecule has 1 aromatic heterocycles. The monoisotopic (exact) mass is 280 g/mol. The summed E-state index contributed by atoms with van der Waals surface area (Å²) in [6, 6.07) is 5.08. The van der Waals surface area contributed by atoms with Crippen molar-refractivity contribution in [3.63, 3.8) is 0 Å². The van der Waals surface area contributed by atoms with Crippen LogP contribution in [0.1, 0.15) is 17.3 Å². The summed E-state index contributed by atoms with van der Waals surface area (Å²) in [5.74, 6) is -0.0994. The van der Waals surface area contributed by atoms with Gasteiger partial charge < -0.3 is 0 Å². The third kappa shape index (κ3) is 2.17. The standard InChI is InChI=1S/C13H16N2O3S/c1-9-7-12-11(5-6-15(12)10(2)16)8-13(9)19(17,18)14(3)4/h5-8H,1-4H3. The molecule has 5 nitrogen and oxygen atoms in total. The highest BCUT2D eigenvalue weighted by molar-refractivity contribution is 7.89. The molecule has 0 aliphatic heterocycles. The molecule has 0 bridgehead atoms. The van der Waals surface area contributed by atoms with Gasteiger partial charge in [-0.05, 0) is 30.7 Å². The molecule has 1 heterocycles. The lowest BCUT2D eigenvalue weighted by Crippen LogP contribution is -2.23. The van der Waals surface area contributed by atoms with Crippen LogP contribution >= 0.6 is 0 Å². The van der Waals surface area contributed by atoms with Crippen molar-refractivity contribution in [1.29, 1.82) is 0 Å². The van der Waals surface area contributed by atoms with Crippen LogP contribution in [0.2, 0.25) is 0 Å². The van der Waals surface area contributed by atoms with Gasteiger partial charge in [0.2, 0.25) is 15.9 Å². The minimum absolute atomic E-state index is 0.0994. The Morgan fingerprint density at radius 3 is 2.42 bits per heavy atom. The van der Waals surface area contributed by atoms with E-state index in [1.54, 1.807) is 31.3 Å². The van der Waals surface area contributed by atoms with Gasteiger partial charge in [0.25, 0.3) is 0 Å². The van der Waals surface area contributed by atoms with E-state index in [1.165, 1.54) is 29.9 Å². The fourth-order valence-corrected chi connectivity index (χ4v) is 3.15. The Hall–Kier alpha value is -1.66. The number of aryl methyl sites for hydroxylation is 1. The van der Waals surface area contributed by atoms with Gasteiger partial charge in [-0.25, -0.2) is 12.7 Å². The van der Waals surface area contributed by atoms with Gasteiger partial charge in [0, 0.05) is 32.6 Å². The average molecular weight is 280 g/mol. The SMILES string of the molecule is CC(=O)n1ccc2cc(S(=O)(=O)N(C)C)c(C)cc21. The molecule has 2 aromatic rings. The summed E-state index contributed by atoms with van der Waals surface area (Å²) in [7, 11) is -0.471. The van der Waals surface area contributed by atoms with Crippen LogP contribution in [0.15, 0.2) is 29.3 Å². The maximum atomic E-state index is 12.2. The van der Waals surface area contributed by atoms with Gasteiger partial charge in [-0.2, -0.15) is 0 Å². The minimum atomic E-state index is -3.47. The lowest BCUT2D eigenvalue weighted by Gasteiger charge is -2.14. The molecule has 19 heavy (non-hydrogen) atoms. The molecule has 0 atom stereocenters. The minimum Gasteiger partial charge on any atom is -0.287 e. The Bertz CT molecular complexity index is 758. The number of nitrogens with zero attached hydrogens (tertiary/aromatic N) is 2. The molecule has 0 spiro atoms. The van der Waals surface area contributed by atoms with Crippen LogP contribution < -0.4 is 0 Å². The van der Waals surface area contributed by atoms with Gasteiger partial charge in [-0.1, -0.05) is 0 Å². The van der Waals surface area contributed by atoms with E-state index >= 15 is 0 Å². The lowest BCUT2D eigenvalue weighted by molar-refractivity contribution is 0.0941. The first kappa shape index (κ1) is 13.8. The van der Waals surface area contributed by atoms with Gasteiger partial charge in [0.1, 0.15) is 0 Å². The maximum absolute atomic E-state index is 12.2. The van der Waals surface area contributed by atoms with Crippen LogP contribution in [0.3, 0.4) is 0 Å². The predicted molar refractivity (Wildman–Crippen MR) is 73.8 cm³/mol. The first-order chi connectivity index (χ1) is 8.75. The van der Waals surface area contributed by atoms with E-state index in [1.807, 2.05) is 0 Å². The summed E-state index contributed by atoms with van der Waals surface area (Å²) in [6.07, 6.45) is 1.65. The molecular formula is C13H16N2O3S. The average Bonchev–Trinajstić information content (AvgIpc) is 2.70. The molecule has 0 fully saturated rings. The van der Waals surface area contributed by atoms with E-state index in [4.69, 9.17) is 0 Å². The molecule has 0 saturated heterocycles. The highest BCUT2D eigenvalue weighted by Gasteiger charge is 2.21. The second kappa shape index (κ2) is 4.47. The molecule has 6 heteroatoms. The predicted octanol–water partition coefficient (Wildman–Crippen LogP) is 1.86. The van der Waals surface area contributed by atoms with E-state index in [9.17, 15) is 13.2 Å². The van der Waals surface area contributed by atoms with Crippen LogP contribution in [0.5, 0.6) is 0 Å². The number of sulfonamides is 1. The Balaban J connectivity index is 2.75. The Labute approximate surface area is 112 Å². The van der Waals surface area contributed by atoms with Gasteiger partial charge in [0.05, 0.1) is 10.4 Å². The number of aromatic nitrogens is 1. The van der Waals surface area contributed by atoms with Crippen molar-refractivity contribution in [2.75, 3.05) is 14.1 Å². The Morgan fingerprint density at radius 2 is 1.89 bits per heavy atom. The van der Waals surface area contributed by atoms with Gasteiger partial charge in [-0.15, -0.1) is 0 Å².